The summed E-state index contributed by atoms with van der Waals surface area (Å²) in [6.07, 6.45) is 9.01. The van der Waals surface area contributed by atoms with E-state index in [-0.39, 0.29) is 5.92 Å². The van der Waals surface area contributed by atoms with E-state index in [0.717, 1.165) is 12.0 Å². The molecule has 0 spiro atoms. The number of carbonyl (C=O) groups is 1. The summed E-state index contributed by atoms with van der Waals surface area (Å²) in [5.41, 5.74) is 1.15. The average molecular weight is 194 g/mol. The number of carboxylic acid groups (broad SMARTS) is 1. The Bertz CT molecular complexity index is 249. The molecule has 0 aliphatic rings. The van der Waals surface area contributed by atoms with E-state index < -0.39 is 5.97 Å². The quantitative estimate of drug-likeness (QED) is 0.659. The summed E-state index contributed by atoms with van der Waals surface area (Å²) in [7, 11) is 0. The minimum absolute atomic E-state index is 0.276. The Morgan fingerprint density at radius 3 is 2.64 bits per heavy atom. The lowest BCUT2D eigenvalue weighted by atomic mass is 10.0. The van der Waals surface area contributed by atoms with Gasteiger partial charge in [0.2, 0.25) is 0 Å². The van der Waals surface area contributed by atoms with Crippen molar-refractivity contribution >= 4 is 5.97 Å². The van der Waals surface area contributed by atoms with Crippen molar-refractivity contribution in [2.75, 3.05) is 0 Å². The van der Waals surface area contributed by atoms with Crippen molar-refractivity contribution in [2.45, 2.75) is 26.7 Å². The molecule has 0 saturated heterocycles. The molecule has 0 aliphatic heterocycles. The Hall–Kier alpha value is -1.31. The first kappa shape index (κ1) is 12.7. The molecule has 1 atom stereocenters. The lowest BCUT2D eigenvalue weighted by Gasteiger charge is -2.05. The first-order chi connectivity index (χ1) is 6.61. The highest BCUT2D eigenvalue weighted by molar-refractivity contribution is 5.69. The summed E-state index contributed by atoms with van der Waals surface area (Å²) in [5.74, 6) is -1.00. The van der Waals surface area contributed by atoms with Gasteiger partial charge in [-0.15, -0.1) is 0 Å². The van der Waals surface area contributed by atoms with E-state index in [9.17, 15) is 4.79 Å². The number of allylic oxidation sites excluding steroid dienone is 5. The molecule has 2 nitrogen and oxygen atoms in total. The van der Waals surface area contributed by atoms with E-state index in [1.807, 2.05) is 25.2 Å². The molecule has 0 aromatic carbocycles. The van der Waals surface area contributed by atoms with Crippen LogP contribution in [0.4, 0.5) is 0 Å². The minimum Gasteiger partial charge on any atom is -0.481 e. The van der Waals surface area contributed by atoms with Crippen LogP contribution in [0.2, 0.25) is 0 Å². The lowest BCUT2D eigenvalue weighted by Crippen LogP contribution is -2.09. The zero-order valence-electron chi connectivity index (χ0n) is 8.86. The van der Waals surface area contributed by atoms with E-state index in [1.165, 1.54) is 0 Å². The van der Waals surface area contributed by atoms with Crippen LogP contribution < -0.4 is 0 Å². The maximum Gasteiger partial charge on any atom is 0.306 e. The van der Waals surface area contributed by atoms with Gasteiger partial charge in [0.25, 0.3) is 0 Å². The average Bonchev–Trinajstić information content (AvgIpc) is 2.17. The van der Waals surface area contributed by atoms with Gasteiger partial charge in [0, 0.05) is 0 Å². The Balaban J connectivity index is 4.03. The third kappa shape index (κ3) is 5.36. The first-order valence-corrected chi connectivity index (χ1v) is 4.79. The summed E-state index contributed by atoms with van der Waals surface area (Å²) < 4.78 is 0. The summed E-state index contributed by atoms with van der Waals surface area (Å²) in [5, 5.41) is 8.69. The second-order valence-electron chi connectivity index (χ2n) is 3.24. The molecular weight excluding hydrogens is 176 g/mol. The molecule has 0 fully saturated rings. The molecule has 0 heterocycles. The largest absolute Gasteiger partial charge is 0.481 e. The zero-order chi connectivity index (χ0) is 11.0. The van der Waals surface area contributed by atoms with Crippen LogP contribution in [0.15, 0.2) is 36.5 Å². The maximum atomic E-state index is 10.6. The highest BCUT2D eigenvalue weighted by atomic mass is 16.4. The van der Waals surface area contributed by atoms with Crippen molar-refractivity contribution < 1.29 is 9.90 Å². The molecule has 0 bridgehead atoms. The second kappa shape index (κ2) is 7.13. The van der Waals surface area contributed by atoms with Gasteiger partial charge >= 0.3 is 5.97 Å². The van der Waals surface area contributed by atoms with Crippen LogP contribution in [0.1, 0.15) is 26.7 Å². The van der Waals surface area contributed by atoms with E-state index in [4.69, 9.17) is 5.11 Å². The predicted octanol–water partition coefficient (Wildman–Crippen LogP) is 3.18. The number of rotatable bonds is 6. The van der Waals surface area contributed by atoms with E-state index >= 15 is 0 Å². The number of hydrogen-bond acceptors (Lipinski definition) is 1. The fraction of sp³-hybridized carbons (Fsp3) is 0.417. The lowest BCUT2D eigenvalue weighted by molar-refractivity contribution is -0.141. The Morgan fingerprint density at radius 1 is 1.57 bits per heavy atom. The molecule has 0 aromatic heterocycles. The van der Waals surface area contributed by atoms with Gasteiger partial charge in [-0.25, -0.2) is 0 Å². The molecule has 0 aliphatic carbocycles. The number of carboxylic acids is 1. The number of hydrogen-bond donors (Lipinski definition) is 1. The molecule has 0 amide bonds. The third-order valence-electron chi connectivity index (χ3n) is 2.10. The van der Waals surface area contributed by atoms with Gasteiger partial charge in [-0.1, -0.05) is 43.4 Å². The maximum absolute atomic E-state index is 10.6. The summed E-state index contributed by atoms with van der Waals surface area (Å²) in [4.78, 5) is 10.6. The molecule has 0 rings (SSSR count). The van der Waals surface area contributed by atoms with Gasteiger partial charge in [-0.05, 0) is 19.8 Å². The van der Waals surface area contributed by atoms with Crippen LogP contribution in [0.5, 0.6) is 0 Å². The molecule has 0 radical (unpaired) electrons. The van der Waals surface area contributed by atoms with Crippen LogP contribution in [0.3, 0.4) is 0 Å². The summed E-state index contributed by atoms with van der Waals surface area (Å²) in [6, 6.07) is 0. The standard InChI is InChI=1S/C12H18O2/c1-4-6-7-11(5-2)9-8-10(3)12(13)14/h4-7,10H,1,8-9H2,2-3H3,(H,13,14)/b7-6-,11-5+. The van der Waals surface area contributed by atoms with Crippen molar-refractivity contribution in [3.8, 4) is 0 Å². The minimum atomic E-state index is -0.729. The summed E-state index contributed by atoms with van der Waals surface area (Å²) in [6.45, 7) is 7.26. The van der Waals surface area contributed by atoms with Gasteiger partial charge in [0.15, 0.2) is 0 Å². The molecule has 14 heavy (non-hydrogen) atoms. The van der Waals surface area contributed by atoms with Crippen molar-refractivity contribution in [2.24, 2.45) is 5.92 Å². The highest BCUT2D eigenvalue weighted by Gasteiger charge is 2.09. The van der Waals surface area contributed by atoms with Crippen molar-refractivity contribution in [3.63, 3.8) is 0 Å². The third-order valence-corrected chi connectivity index (χ3v) is 2.10. The topological polar surface area (TPSA) is 37.3 Å². The van der Waals surface area contributed by atoms with Crippen LogP contribution in [0, 0.1) is 5.92 Å². The highest BCUT2D eigenvalue weighted by Crippen LogP contribution is 2.13. The first-order valence-electron chi connectivity index (χ1n) is 4.79. The van der Waals surface area contributed by atoms with Crippen LogP contribution >= 0.6 is 0 Å². The van der Waals surface area contributed by atoms with E-state index in [1.54, 1.807) is 13.0 Å². The van der Waals surface area contributed by atoms with Gasteiger partial charge in [0.1, 0.15) is 0 Å². The van der Waals surface area contributed by atoms with E-state index in [2.05, 4.69) is 6.58 Å². The smallest absolute Gasteiger partial charge is 0.306 e. The normalized spacial score (nSPS) is 14.3. The Morgan fingerprint density at radius 2 is 2.21 bits per heavy atom. The monoisotopic (exact) mass is 194 g/mol. The molecule has 0 aromatic rings. The second-order valence-corrected chi connectivity index (χ2v) is 3.24. The predicted molar refractivity (Wildman–Crippen MR) is 59.1 cm³/mol. The fourth-order valence-corrected chi connectivity index (χ4v) is 1.02. The molecule has 2 heteroatoms. The SMILES string of the molecule is C=C/C=C\C(=C/C)CCC(C)C(=O)O. The Labute approximate surface area is 85.6 Å². The van der Waals surface area contributed by atoms with Gasteiger partial charge in [-0.2, -0.15) is 0 Å². The van der Waals surface area contributed by atoms with Crippen LogP contribution in [0.25, 0.3) is 0 Å². The molecular formula is C12H18O2. The Kier molecular flexibility index (Phi) is 6.46. The number of aliphatic carboxylic acids is 1. The summed E-state index contributed by atoms with van der Waals surface area (Å²) >= 11 is 0. The van der Waals surface area contributed by atoms with Crippen molar-refractivity contribution in [3.05, 3.63) is 36.5 Å². The van der Waals surface area contributed by atoms with Crippen molar-refractivity contribution in [1.29, 1.82) is 0 Å². The van der Waals surface area contributed by atoms with Gasteiger partial charge < -0.3 is 5.11 Å². The van der Waals surface area contributed by atoms with Gasteiger partial charge in [0.05, 0.1) is 5.92 Å². The molecule has 78 valence electrons. The molecule has 1 N–H and O–H groups in total. The molecule has 0 saturated carbocycles. The van der Waals surface area contributed by atoms with Crippen LogP contribution in [-0.4, -0.2) is 11.1 Å². The molecule has 1 unspecified atom stereocenters. The van der Waals surface area contributed by atoms with Crippen molar-refractivity contribution in [1.82, 2.24) is 0 Å². The van der Waals surface area contributed by atoms with Gasteiger partial charge in [-0.3, -0.25) is 4.79 Å². The van der Waals surface area contributed by atoms with Crippen LogP contribution in [-0.2, 0) is 4.79 Å². The zero-order valence-corrected chi connectivity index (χ0v) is 8.86. The fourth-order valence-electron chi connectivity index (χ4n) is 1.02. The van der Waals surface area contributed by atoms with E-state index in [0.29, 0.717) is 6.42 Å².